The lowest BCUT2D eigenvalue weighted by Crippen LogP contribution is -2.64. The van der Waals surface area contributed by atoms with Gasteiger partial charge >= 0.3 is 0 Å². The number of nitrogens with one attached hydrogen (secondary N) is 1. The van der Waals surface area contributed by atoms with Crippen molar-refractivity contribution in [3.05, 3.63) is 59.3 Å². The summed E-state index contributed by atoms with van der Waals surface area (Å²) < 4.78 is 11.9. The third-order valence-electron chi connectivity index (χ3n) is 9.25. The Bertz CT molecular complexity index is 1600. The van der Waals surface area contributed by atoms with Gasteiger partial charge in [-0.2, -0.15) is 0 Å². The minimum absolute atomic E-state index is 0.0534. The number of anilines is 1. The molecule has 6 heterocycles. The van der Waals surface area contributed by atoms with Gasteiger partial charge in [0.15, 0.2) is 0 Å². The number of piperidine rings is 1. The highest BCUT2D eigenvalue weighted by molar-refractivity contribution is 6.05. The molecule has 8 rings (SSSR count). The van der Waals surface area contributed by atoms with Crippen molar-refractivity contribution in [3.63, 3.8) is 0 Å². The number of ether oxygens (including phenoxy) is 2. The molecule has 11 nitrogen and oxygen atoms in total. The summed E-state index contributed by atoms with van der Waals surface area (Å²) in [5.41, 5.74) is 3.63. The lowest BCUT2D eigenvalue weighted by molar-refractivity contribution is -0.136. The van der Waals surface area contributed by atoms with Gasteiger partial charge in [0.2, 0.25) is 17.8 Å². The van der Waals surface area contributed by atoms with Crippen LogP contribution < -0.4 is 15.0 Å². The number of amides is 3. The molecule has 1 aromatic heterocycles. The predicted molar refractivity (Wildman–Crippen MR) is 152 cm³/mol. The number of fused-ring (bicyclic) bond motifs is 4. The van der Waals surface area contributed by atoms with Crippen LogP contribution >= 0.6 is 0 Å². The van der Waals surface area contributed by atoms with Crippen LogP contribution in [0.1, 0.15) is 47.2 Å². The van der Waals surface area contributed by atoms with Crippen molar-refractivity contribution in [2.45, 2.75) is 63.0 Å². The van der Waals surface area contributed by atoms with Gasteiger partial charge in [-0.25, -0.2) is 9.97 Å². The van der Waals surface area contributed by atoms with Crippen molar-refractivity contribution in [3.8, 4) is 5.75 Å². The van der Waals surface area contributed by atoms with E-state index in [2.05, 4.69) is 38.3 Å². The number of aromatic nitrogens is 2. The zero-order chi connectivity index (χ0) is 28.4. The Labute approximate surface area is 242 Å². The van der Waals surface area contributed by atoms with Gasteiger partial charge in [-0.05, 0) is 60.7 Å². The lowest BCUT2D eigenvalue weighted by atomic mass is 9.92. The summed E-state index contributed by atoms with van der Waals surface area (Å²) in [6.07, 6.45) is 4.67. The summed E-state index contributed by atoms with van der Waals surface area (Å²) in [5, 5.41) is 3.39. The van der Waals surface area contributed by atoms with E-state index in [1.807, 2.05) is 18.3 Å². The molecule has 0 spiro atoms. The number of carbonyl (C=O) groups excluding carboxylic acids is 3. The summed E-state index contributed by atoms with van der Waals surface area (Å²) in [4.78, 5) is 52.6. The third-order valence-corrected chi connectivity index (χ3v) is 9.25. The molecular formula is C31H32N6O5. The van der Waals surface area contributed by atoms with Gasteiger partial charge in [-0.15, -0.1) is 0 Å². The molecular weight excluding hydrogens is 536 g/mol. The number of imide groups is 1. The Kier molecular flexibility index (Phi) is 6.11. The highest BCUT2D eigenvalue weighted by atomic mass is 16.5. The predicted octanol–water partition coefficient (Wildman–Crippen LogP) is 2.02. The maximum Gasteiger partial charge on any atom is 0.255 e. The maximum atomic E-state index is 13.0. The van der Waals surface area contributed by atoms with Gasteiger partial charge < -0.3 is 19.3 Å². The van der Waals surface area contributed by atoms with E-state index < -0.39 is 11.9 Å². The molecule has 0 radical (unpaired) electrons. The first-order chi connectivity index (χ1) is 20.5. The van der Waals surface area contributed by atoms with Crippen LogP contribution in [0.3, 0.4) is 0 Å². The number of nitrogens with zero attached hydrogens (tertiary/aromatic N) is 5. The Hall–Kier alpha value is -4.09. The SMILES string of the molecule is O=C1CCC(N2Cc3cc(O[C@H]4CCN(Cc5ccc6nc(N7[C@@H]8COC[C@H]7C8)ncc6c5)C4)ccc3C2=O)C(=O)N1. The Morgan fingerprint density at radius 3 is 2.76 bits per heavy atom. The normalized spacial score (nSPS) is 27.3. The maximum absolute atomic E-state index is 13.0. The minimum Gasteiger partial charge on any atom is -0.489 e. The fraction of sp³-hybridized carbons (Fsp3) is 0.452. The summed E-state index contributed by atoms with van der Waals surface area (Å²) in [5.74, 6) is 0.676. The molecule has 11 heteroatoms. The van der Waals surface area contributed by atoms with Crippen molar-refractivity contribution >= 4 is 34.6 Å². The van der Waals surface area contributed by atoms with Gasteiger partial charge in [0, 0.05) is 49.7 Å². The fourth-order valence-electron chi connectivity index (χ4n) is 7.07. The number of morpholine rings is 1. The van der Waals surface area contributed by atoms with E-state index in [0.717, 1.165) is 73.9 Å². The monoisotopic (exact) mass is 568 g/mol. The average Bonchev–Trinajstić information content (AvgIpc) is 3.56. The van der Waals surface area contributed by atoms with Crippen LogP contribution in [-0.2, 0) is 27.4 Å². The lowest BCUT2D eigenvalue weighted by Gasteiger charge is -2.52. The Morgan fingerprint density at radius 2 is 1.93 bits per heavy atom. The van der Waals surface area contributed by atoms with E-state index >= 15 is 0 Å². The fourth-order valence-corrected chi connectivity index (χ4v) is 7.07. The molecule has 4 atom stereocenters. The van der Waals surface area contributed by atoms with Gasteiger partial charge in [-0.3, -0.25) is 24.6 Å². The number of carbonyl (C=O) groups is 3. The zero-order valence-electron chi connectivity index (χ0n) is 23.2. The molecule has 2 bridgehead atoms. The standard InChI is InChI=1S/C31H32N6O5/c38-28-6-5-27(29(39)34-28)36-14-20-10-23(2-3-25(20)30(36)40)42-24-7-8-35(15-24)13-18-1-4-26-19(9-18)12-32-31(33-26)37-21-11-22(37)17-41-16-21/h1-4,9-10,12,21-22,24,27H,5-8,11,13-17H2,(H,34,38,39)/t21-,22+,24-,27?/m0/s1. The Morgan fingerprint density at radius 1 is 1.05 bits per heavy atom. The van der Waals surface area contributed by atoms with Crippen LogP contribution in [0.5, 0.6) is 5.75 Å². The first-order valence-corrected chi connectivity index (χ1v) is 14.8. The molecule has 216 valence electrons. The number of hydrogen-bond acceptors (Lipinski definition) is 9. The van der Waals surface area contributed by atoms with Crippen molar-refractivity contribution < 1.29 is 23.9 Å². The van der Waals surface area contributed by atoms with Crippen molar-refractivity contribution in [1.29, 1.82) is 0 Å². The number of benzene rings is 2. The summed E-state index contributed by atoms with van der Waals surface area (Å²) in [6.45, 7) is 4.43. The first kappa shape index (κ1) is 25.6. The summed E-state index contributed by atoms with van der Waals surface area (Å²) >= 11 is 0. The van der Waals surface area contributed by atoms with Crippen LogP contribution in [0, 0.1) is 0 Å². The zero-order valence-corrected chi connectivity index (χ0v) is 23.2. The molecule has 2 aromatic carbocycles. The first-order valence-electron chi connectivity index (χ1n) is 14.8. The van der Waals surface area contributed by atoms with E-state index in [-0.39, 0.29) is 24.3 Å². The number of likely N-dealkylation sites (tertiary alicyclic amines) is 1. The van der Waals surface area contributed by atoms with Crippen LogP contribution in [-0.4, -0.2) is 88.0 Å². The number of hydrogen-bond donors (Lipinski definition) is 1. The van der Waals surface area contributed by atoms with E-state index in [1.165, 1.54) is 5.56 Å². The Balaban J connectivity index is 0.886. The molecule has 4 fully saturated rings. The quantitative estimate of drug-likeness (QED) is 0.446. The molecule has 5 aliphatic rings. The minimum atomic E-state index is -0.616. The smallest absolute Gasteiger partial charge is 0.255 e. The van der Waals surface area contributed by atoms with Crippen LogP contribution in [0.25, 0.3) is 10.9 Å². The summed E-state index contributed by atoms with van der Waals surface area (Å²) in [7, 11) is 0. The topological polar surface area (TPSA) is 117 Å². The van der Waals surface area contributed by atoms with Crippen molar-refractivity contribution in [2.75, 3.05) is 31.2 Å². The van der Waals surface area contributed by atoms with E-state index in [0.29, 0.717) is 30.6 Å². The second-order valence-corrected chi connectivity index (χ2v) is 12.0. The highest BCUT2D eigenvalue weighted by Gasteiger charge is 2.44. The second kappa shape index (κ2) is 10.0. The average molecular weight is 569 g/mol. The highest BCUT2D eigenvalue weighted by Crippen LogP contribution is 2.35. The molecule has 5 aliphatic heterocycles. The van der Waals surface area contributed by atoms with Gasteiger partial charge in [-0.1, -0.05) is 6.07 Å². The molecule has 3 amide bonds. The van der Waals surface area contributed by atoms with Gasteiger partial charge in [0.05, 0.1) is 30.8 Å². The second-order valence-electron chi connectivity index (χ2n) is 12.0. The van der Waals surface area contributed by atoms with Gasteiger partial charge in [0.25, 0.3) is 5.91 Å². The van der Waals surface area contributed by atoms with Crippen molar-refractivity contribution in [2.24, 2.45) is 0 Å². The van der Waals surface area contributed by atoms with Gasteiger partial charge in [0.1, 0.15) is 17.9 Å². The molecule has 1 N–H and O–H groups in total. The van der Waals surface area contributed by atoms with E-state index in [1.54, 1.807) is 11.0 Å². The van der Waals surface area contributed by atoms with Crippen LogP contribution in [0.2, 0.25) is 0 Å². The largest absolute Gasteiger partial charge is 0.489 e. The molecule has 0 saturated carbocycles. The molecule has 1 unspecified atom stereocenters. The van der Waals surface area contributed by atoms with E-state index in [4.69, 9.17) is 14.5 Å². The summed E-state index contributed by atoms with van der Waals surface area (Å²) in [6, 6.07) is 12.2. The molecule has 0 aliphatic carbocycles. The molecule has 42 heavy (non-hydrogen) atoms. The third kappa shape index (κ3) is 4.47. The number of rotatable bonds is 6. The molecule has 4 saturated heterocycles. The van der Waals surface area contributed by atoms with E-state index in [9.17, 15) is 14.4 Å². The van der Waals surface area contributed by atoms with Crippen LogP contribution in [0.4, 0.5) is 5.95 Å². The van der Waals surface area contributed by atoms with Crippen LogP contribution in [0.15, 0.2) is 42.6 Å². The molecule has 3 aromatic rings. The van der Waals surface area contributed by atoms with Crippen molar-refractivity contribution in [1.82, 2.24) is 25.1 Å².